The number of nitrogens with one attached hydrogen (secondary N) is 2. The van der Waals surface area contributed by atoms with E-state index in [0.717, 1.165) is 38.6 Å². The van der Waals surface area contributed by atoms with Crippen molar-refractivity contribution in [3.63, 3.8) is 0 Å². The van der Waals surface area contributed by atoms with Gasteiger partial charge in [0.05, 0.1) is 6.26 Å². The predicted octanol–water partition coefficient (Wildman–Crippen LogP) is 1.81. The molecule has 0 bridgehead atoms. The first-order valence-electron chi connectivity index (χ1n) is 9.84. The molecule has 0 heterocycles. The number of rotatable bonds is 12. The molecule has 1 saturated carbocycles. The van der Waals surface area contributed by atoms with E-state index < -0.39 is 10.0 Å². The van der Waals surface area contributed by atoms with Gasteiger partial charge in [0.1, 0.15) is 0 Å². The second-order valence-corrected chi connectivity index (χ2v) is 9.10. The molecule has 2 N–H and O–H groups in total. The summed E-state index contributed by atoms with van der Waals surface area (Å²) in [5, 5.41) is 6.76. The van der Waals surface area contributed by atoms with Crippen LogP contribution in [0.4, 0.5) is 0 Å². The Labute approximate surface area is 160 Å². The van der Waals surface area contributed by atoms with E-state index in [1.165, 1.54) is 36.2 Å². The standard InChI is InChI=1S/C18H38N4O3S/c1-5-22(26(4,23)24)14-9-13-20-17(19-3)21-16-18(10-7-8-11-18)12-15-25-6-2/h5-16H2,1-4H3,(H2,19,20,21). The molecule has 8 heteroatoms. The van der Waals surface area contributed by atoms with E-state index in [1.807, 2.05) is 13.8 Å². The zero-order valence-electron chi connectivity index (χ0n) is 17.0. The highest BCUT2D eigenvalue weighted by Crippen LogP contribution is 2.40. The Morgan fingerprint density at radius 2 is 1.92 bits per heavy atom. The van der Waals surface area contributed by atoms with E-state index in [4.69, 9.17) is 4.74 Å². The normalized spacial score (nSPS) is 17.7. The number of aliphatic imine (C=N–C) groups is 1. The Hall–Kier alpha value is -0.860. The van der Waals surface area contributed by atoms with Crippen LogP contribution in [0.25, 0.3) is 0 Å². The Morgan fingerprint density at radius 3 is 2.46 bits per heavy atom. The first kappa shape index (κ1) is 23.2. The highest BCUT2D eigenvalue weighted by molar-refractivity contribution is 7.88. The van der Waals surface area contributed by atoms with Gasteiger partial charge in [-0.2, -0.15) is 0 Å². The highest BCUT2D eigenvalue weighted by atomic mass is 32.2. The zero-order chi connectivity index (χ0) is 19.5. The number of hydrogen-bond donors (Lipinski definition) is 2. The van der Waals surface area contributed by atoms with E-state index in [0.29, 0.717) is 25.0 Å². The van der Waals surface area contributed by atoms with Crippen molar-refractivity contribution in [1.82, 2.24) is 14.9 Å². The second kappa shape index (κ2) is 11.8. The van der Waals surface area contributed by atoms with Crippen molar-refractivity contribution >= 4 is 16.0 Å². The van der Waals surface area contributed by atoms with Crippen LogP contribution >= 0.6 is 0 Å². The summed E-state index contributed by atoms with van der Waals surface area (Å²) in [7, 11) is -1.34. The summed E-state index contributed by atoms with van der Waals surface area (Å²) in [6.45, 7) is 8.12. The second-order valence-electron chi connectivity index (χ2n) is 7.11. The third-order valence-electron chi connectivity index (χ3n) is 5.20. The van der Waals surface area contributed by atoms with Crippen molar-refractivity contribution in [2.75, 3.05) is 52.7 Å². The largest absolute Gasteiger partial charge is 0.382 e. The molecule has 0 saturated heterocycles. The molecule has 26 heavy (non-hydrogen) atoms. The van der Waals surface area contributed by atoms with E-state index in [9.17, 15) is 8.42 Å². The van der Waals surface area contributed by atoms with E-state index in [-0.39, 0.29) is 0 Å². The molecule has 1 rings (SSSR count). The Balaban J connectivity index is 2.37. The number of guanidine groups is 1. The number of ether oxygens (including phenoxy) is 1. The van der Waals surface area contributed by atoms with E-state index in [1.54, 1.807) is 7.05 Å². The van der Waals surface area contributed by atoms with Crippen LogP contribution < -0.4 is 10.6 Å². The van der Waals surface area contributed by atoms with Crippen molar-refractivity contribution in [3.05, 3.63) is 0 Å². The highest BCUT2D eigenvalue weighted by Gasteiger charge is 2.33. The average Bonchev–Trinajstić information content (AvgIpc) is 3.05. The van der Waals surface area contributed by atoms with Gasteiger partial charge in [0.2, 0.25) is 10.0 Å². The van der Waals surface area contributed by atoms with Crippen LogP contribution in [0.3, 0.4) is 0 Å². The van der Waals surface area contributed by atoms with E-state index in [2.05, 4.69) is 15.6 Å². The lowest BCUT2D eigenvalue weighted by molar-refractivity contribution is 0.105. The molecule has 0 amide bonds. The quantitative estimate of drug-likeness (QED) is 0.302. The average molecular weight is 391 g/mol. The molecule has 0 spiro atoms. The van der Waals surface area contributed by atoms with Gasteiger partial charge in [0, 0.05) is 46.4 Å². The fraction of sp³-hybridized carbons (Fsp3) is 0.944. The number of nitrogens with zero attached hydrogens (tertiary/aromatic N) is 2. The van der Waals surface area contributed by atoms with Crippen LogP contribution in [-0.4, -0.2) is 71.4 Å². The van der Waals surface area contributed by atoms with Gasteiger partial charge >= 0.3 is 0 Å². The monoisotopic (exact) mass is 390 g/mol. The topological polar surface area (TPSA) is 83.0 Å². The third kappa shape index (κ3) is 8.22. The lowest BCUT2D eigenvalue weighted by atomic mass is 9.83. The molecule has 0 aromatic rings. The number of hydrogen-bond acceptors (Lipinski definition) is 4. The smallest absolute Gasteiger partial charge is 0.211 e. The summed E-state index contributed by atoms with van der Waals surface area (Å²) in [5.74, 6) is 0.787. The molecule has 0 aromatic carbocycles. The van der Waals surface area contributed by atoms with Gasteiger partial charge in [-0.15, -0.1) is 0 Å². The van der Waals surface area contributed by atoms with Gasteiger partial charge in [-0.1, -0.05) is 19.8 Å². The van der Waals surface area contributed by atoms with Gasteiger partial charge < -0.3 is 15.4 Å². The summed E-state index contributed by atoms with van der Waals surface area (Å²) < 4.78 is 30.3. The molecular weight excluding hydrogens is 352 g/mol. The van der Waals surface area contributed by atoms with E-state index >= 15 is 0 Å². The van der Waals surface area contributed by atoms with Gasteiger partial charge in [0.25, 0.3) is 0 Å². The Bertz CT molecular complexity index is 517. The molecule has 1 aliphatic carbocycles. The molecule has 0 unspecified atom stereocenters. The summed E-state index contributed by atoms with van der Waals surface area (Å²) in [5.41, 5.74) is 0.308. The summed E-state index contributed by atoms with van der Waals surface area (Å²) >= 11 is 0. The van der Waals surface area contributed by atoms with Crippen LogP contribution in [0.5, 0.6) is 0 Å². The first-order chi connectivity index (χ1) is 12.4. The van der Waals surface area contributed by atoms with Crippen LogP contribution in [0.1, 0.15) is 52.4 Å². The minimum Gasteiger partial charge on any atom is -0.382 e. The van der Waals surface area contributed by atoms with Gasteiger partial charge in [-0.25, -0.2) is 12.7 Å². The van der Waals surface area contributed by atoms with Crippen LogP contribution in [0.2, 0.25) is 0 Å². The SMILES string of the molecule is CCOCCC1(CNC(=NC)NCCCN(CC)S(C)(=O)=O)CCCC1. The van der Waals surface area contributed by atoms with Crippen LogP contribution in [0.15, 0.2) is 4.99 Å². The molecule has 0 aromatic heterocycles. The lowest BCUT2D eigenvalue weighted by Gasteiger charge is -2.30. The van der Waals surface area contributed by atoms with Crippen molar-refractivity contribution in [3.8, 4) is 0 Å². The third-order valence-corrected chi connectivity index (χ3v) is 6.58. The maximum Gasteiger partial charge on any atom is 0.211 e. The molecule has 7 nitrogen and oxygen atoms in total. The fourth-order valence-corrected chi connectivity index (χ4v) is 4.52. The van der Waals surface area contributed by atoms with Gasteiger partial charge in [0.15, 0.2) is 5.96 Å². The lowest BCUT2D eigenvalue weighted by Crippen LogP contribution is -2.44. The van der Waals surface area contributed by atoms with Crippen molar-refractivity contribution in [2.24, 2.45) is 10.4 Å². The van der Waals surface area contributed by atoms with Crippen LogP contribution in [-0.2, 0) is 14.8 Å². The molecule has 1 aliphatic rings. The molecule has 0 radical (unpaired) electrons. The summed E-state index contributed by atoms with van der Waals surface area (Å²) in [6.07, 6.45) is 8.15. The molecular formula is C18H38N4O3S. The predicted molar refractivity (Wildman–Crippen MR) is 108 cm³/mol. The fourth-order valence-electron chi connectivity index (χ4n) is 3.59. The van der Waals surface area contributed by atoms with Gasteiger partial charge in [-0.05, 0) is 38.0 Å². The van der Waals surface area contributed by atoms with Crippen LogP contribution in [0, 0.1) is 5.41 Å². The zero-order valence-corrected chi connectivity index (χ0v) is 17.8. The van der Waals surface area contributed by atoms with Gasteiger partial charge in [-0.3, -0.25) is 4.99 Å². The molecule has 0 atom stereocenters. The van der Waals surface area contributed by atoms with Crippen molar-refractivity contribution < 1.29 is 13.2 Å². The first-order valence-corrected chi connectivity index (χ1v) is 11.7. The Kier molecular flexibility index (Phi) is 10.5. The maximum absolute atomic E-state index is 11.6. The van der Waals surface area contributed by atoms with Crippen molar-refractivity contribution in [2.45, 2.75) is 52.4 Å². The summed E-state index contributed by atoms with van der Waals surface area (Å²) in [4.78, 5) is 4.29. The Morgan fingerprint density at radius 1 is 1.23 bits per heavy atom. The minimum atomic E-state index is -3.11. The molecule has 1 fully saturated rings. The summed E-state index contributed by atoms with van der Waals surface area (Å²) in [6, 6.07) is 0. The minimum absolute atomic E-state index is 0.308. The number of sulfonamides is 1. The van der Waals surface area contributed by atoms with Crippen molar-refractivity contribution in [1.29, 1.82) is 0 Å². The molecule has 0 aliphatic heterocycles. The molecule has 154 valence electrons. The maximum atomic E-state index is 11.6.